The fourth-order valence-electron chi connectivity index (χ4n) is 5.64. The van der Waals surface area contributed by atoms with Crippen LogP contribution in [0.5, 0.6) is 11.5 Å². The van der Waals surface area contributed by atoms with Gasteiger partial charge in [0, 0.05) is 37.4 Å². The fraction of sp³-hybridized carbons (Fsp3) is 0.130. The molecule has 0 amide bonds. The molecule has 0 saturated heterocycles. The molecular weight excluding hydrogens is 761 g/mol. The van der Waals surface area contributed by atoms with E-state index in [1.54, 1.807) is 26.6 Å². The Morgan fingerprint density at radius 1 is 0.517 bits per heavy atom. The first-order chi connectivity index (χ1) is 29.4. The number of guanidine groups is 2. The van der Waals surface area contributed by atoms with Gasteiger partial charge in [-0.3, -0.25) is 0 Å². The molecule has 0 aliphatic heterocycles. The lowest BCUT2D eigenvalue weighted by molar-refractivity contribution is -0.144. The van der Waals surface area contributed by atoms with Gasteiger partial charge in [-0.1, -0.05) is 97.1 Å². The SMILES string of the molecule is COc1ccc(CN=C(NOC(=O)/C=C\C(=O)ONC(=NCc2ccc(OC)cc2)Nc2ncccc2Cc2ccccc2)Nc2ncccc2Cc2ccccc2)cc1. The van der Waals surface area contributed by atoms with E-state index in [0.29, 0.717) is 36.0 Å². The summed E-state index contributed by atoms with van der Waals surface area (Å²) in [6.45, 7) is 0.461. The molecular formula is C46H44N8O6. The summed E-state index contributed by atoms with van der Waals surface area (Å²) in [5, 5.41) is 6.30. The van der Waals surface area contributed by atoms with Gasteiger partial charge in [-0.25, -0.2) is 29.5 Å². The normalized spacial score (nSPS) is 11.4. The van der Waals surface area contributed by atoms with E-state index in [1.807, 2.05) is 133 Å². The number of aromatic nitrogens is 2. The lowest BCUT2D eigenvalue weighted by atomic mass is 10.1. The summed E-state index contributed by atoms with van der Waals surface area (Å²) >= 11 is 0. The number of ether oxygens (including phenoxy) is 2. The first-order valence-corrected chi connectivity index (χ1v) is 18.9. The van der Waals surface area contributed by atoms with Gasteiger partial charge in [-0.05, 0) is 69.8 Å². The number of hydroxylamine groups is 2. The highest BCUT2D eigenvalue weighted by atomic mass is 16.7. The predicted octanol–water partition coefficient (Wildman–Crippen LogP) is 6.96. The van der Waals surface area contributed by atoms with E-state index in [9.17, 15) is 9.59 Å². The molecule has 2 heterocycles. The van der Waals surface area contributed by atoms with Gasteiger partial charge < -0.3 is 29.8 Å². The Balaban J connectivity index is 1.11. The molecule has 0 fully saturated rings. The standard InChI is InChI=1S/C46H44N8O6/c1-57-39-21-17-35(18-22-39)31-49-45(51-43-37(15-9-27-47-43)29-33-11-5-3-6-12-33)53-59-41(55)25-26-42(56)60-54-46(50-32-36-19-23-40(58-2)24-20-36)52-44-38(16-10-28-48-44)30-34-13-7-4-8-14-34/h3-28H,29-32H2,1-2H3,(H2,47,49,51,53)(H2,48,50,52,54)/b26-25-. The van der Waals surface area contributed by atoms with Gasteiger partial charge in [0.1, 0.15) is 23.1 Å². The Morgan fingerprint density at radius 2 is 0.917 bits per heavy atom. The van der Waals surface area contributed by atoms with Crippen molar-refractivity contribution in [3.8, 4) is 11.5 Å². The molecule has 2 aromatic heterocycles. The molecule has 0 atom stereocenters. The van der Waals surface area contributed by atoms with Crippen LogP contribution in [0.1, 0.15) is 33.4 Å². The van der Waals surface area contributed by atoms with Gasteiger partial charge >= 0.3 is 11.9 Å². The number of benzene rings is 4. The van der Waals surface area contributed by atoms with Crippen molar-refractivity contribution in [2.24, 2.45) is 9.98 Å². The molecule has 6 rings (SSSR count). The van der Waals surface area contributed by atoms with Crippen LogP contribution < -0.4 is 31.1 Å². The first kappa shape index (κ1) is 41.6. The summed E-state index contributed by atoms with van der Waals surface area (Å²) in [5.74, 6) is 0.858. The molecule has 0 radical (unpaired) electrons. The van der Waals surface area contributed by atoms with Crippen molar-refractivity contribution >= 4 is 35.5 Å². The summed E-state index contributed by atoms with van der Waals surface area (Å²) in [4.78, 5) is 54.5. The molecule has 0 spiro atoms. The number of pyridine rings is 2. The fourth-order valence-corrected chi connectivity index (χ4v) is 5.64. The molecule has 0 bridgehead atoms. The van der Waals surface area contributed by atoms with E-state index < -0.39 is 11.9 Å². The average Bonchev–Trinajstić information content (AvgIpc) is 3.29. The maximum absolute atomic E-state index is 12.9. The molecule has 4 aromatic carbocycles. The Morgan fingerprint density at radius 3 is 1.30 bits per heavy atom. The number of nitrogens with one attached hydrogen (secondary N) is 4. The zero-order chi connectivity index (χ0) is 41.8. The minimum atomic E-state index is -0.901. The molecule has 6 aromatic rings. The third-order valence-corrected chi connectivity index (χ3v) is 8.74. The smallest absolute Gasteiger partial charge is 0.356 e. The number of hydrogen-bond acceptors (Lipinski definition) is 10. The third-order valence-electron chi connectivity index (χ3n) is 8.74. The molecule has 14 heteroatoms. The number of aliphatic imine (C=N–C) groups is 2. The largest absolute Gasteiger partial charge is 0.497 e. The van der Waals surface area contributed by atoms with Crippen LogP contribution in [-0.4, -0.2) is 48.0 Å². The highest BCUT2D eigenvalue weighted by Crippen LogP contribution is 2.19. The highest BCUT2D eigenvalue weighted by molar-refractivity contribution is 5.97. The second-order valence-electron chi connectivity index (χ2n) is 13.0. The van der Waals surface area contributed by atoms with Crippen molar-refractivity contribution in [3.63, 3.8) is 0 Å². The number of methoxy groups -OCH3 is 2. The van der Waals surface area contributed by atoms with E-state index >= 15 is 0 Å². The van der Waals surface area contributed by atoms with Gasteiger partial charge in [0.15, 0.2) is 0 Å². The second kappa shape index (κ2) is 22.1. The zero-order valence-electron chi connectivity index (χ0n) is 33.1. The van der Waals surface area contributed by atoms with E-state index in [-0.39, 0.29) is 25.0 Å². The van der Waals surface area contributed by atoms with Crippen LogP contribution in [0.3, 0.4) is 0 Å². The summed E-state index contributed by atoms with van der Waals surface area (Å²) in [6.07, 6.45) is 6.33. The van der Waals surface area contributed by atoms with Crippen LogP contribution in [0.4, 0.5) is 11.6 Å². The van der Waals surface area contributed by atoms with Crippen LogP contribution in [0.15, 0.2) is 168 Å². The Labute approximate surface area is 348 Å². The summed E-state index contributed by atoms with van der Waals surface area (Å²) in [5.41, 5.74) is 10.9. The highest BCUT2D eigenvalue weighted by Gasteiger charge is 2.12. The number of anilines is 2. The van der Waals surface area contributed by atoms with E-state index in [1.165, 1.54) is 0 Å². The molecule has 14 nitrogen and oxygen atoms in total. The molecule has 304 valence electrons. The topological polar surface area (TPSA) is 170 Å². The van der Waals surface area contributed by atoms with E-state index in [0.717, 1.165) is 45.5 Å². The molecule has 4 N–H and O–H groups in total. The van der Waals surface area contributed by atoms with Gasteiger partial charge in [0.25, 0.3) is 0 Å². The van der Waals surface area contributed by atoms with Crippen molar-refractivity contribution < 1.29 is 28.7 Å². The van der Waals surface area contributed by atoms with Crippen LogP contribution in [0.2, 0.25) is 0 Å². The number of nitrogens with zero attached hydrogens (tertiary/aromatic N) is 4. The number of rotatable bonds is 14. The Bertz CT molecular complexity index is 2220. The van der Waals surface area contributed by atoms with Crippen molar-refractivity contribution in [2.45, 2.75) is 25.9 Å². The zero-order valence-corrected chi connectivity index (χ0v) is 33.1. The summed E-state index contributed by atoms with van der Waals surface area (Å²) < 4.78 is 10.5. The lowest BCUT2D eigenvalue weighted by Gasteiger charge is -2.14. The van der Waals surface area contributed by atoms with Crippen LogP contribution in [0.25, 0.3) is 0 Å². The van der Waals surface area contributed by atoms with E-state index in [2.05, 4.69) is 41.5 Å². The maximum atomic E-state index is 12.9. The Hall–Kier alpha value is -8.00. The number of carbonyl (C=O) groups excluding carboxylic acids is 2. The van der Waals surface area contributed by atoms with Crippen LogP contribution in [-0.2, 0) is 45.2 Å². The summed E-state index contributed by atoms with van der Waals surface area (Å²) in [6, 6.07) is 42.3. The summed E-state index contributed by atoms with van der Waals surface area (Å²) in [7, 11) is 3.19. The second-order valence-corrected chi connectivity index (χ2v) is 13.0. The third kappa shape index (κ3) is 13.3. The van der Waals surface area contributed by atoms with Crippen LogP contribution in [0, 0.1) is 0 Å². The monoisotopic (exact) mass is 804 g/mol. The minimum absolute atomic E-state index is 0.106. The lowest BCUT2D eigenvalue weighted by Crippen LogP contribution is -2.34. The van der Waals surface area contributed by atoms with Crippen molar-refractivity contribution in [1.82, 2.24) is 20.9 Å². The van der Waals surface area contributed by atoms with Gasteiger partial charge in [0.05, 0.1) is 27.3 Å². The van der Waals surface area contributed by atoms with Crippen LogP contribution >= 0.6 is 0 Å². The minimum Gasteiger partial charge on any atom is -0.497 e. The van der Waals surface area contributed by atoms with E-state index in [4.69, 9.17) is 19.1 Å². The molecule has 0 unspecified atom stereocenters. The van der Waals surface area contributed by atoms with Gasteiger partial charge in [-0.2, -0.15) is 11.0 Å². The number of hydrogen-bond donors (Lipinski definition) is 4. The average molecular weight is 805 g/mol. The van der Waals surface area contributed by atoms with Crippen molar-refractivity contribution in [1.29, 1.82) is 0 Å². The maximum Gasteiger partial charge on any atom is 0.356 e. The quantitative estimate of drug-likeness (QED) is 0.0387. The first-order valence-electron chi connectivity index (χ1n) is 18.9. The van der Waals surface area contributed by atoms with Crippen molar-refractivity contribution in [3.05, 3.63) is 191 Å². The van der Waals surface area contributed by atoms with Gasteiger partial charge in [0.2, 0.25) is 11.9 Å². The number of carbonyl (C=O) groups is 2. The predicted molar refractivity (Wildman–Crippen MR) is 230 cm³/mol. The molecule has 60 heavy (non-hydrogen) atoms. The molecule has 0 aliphatic carbocycles. The van der Waals surface area contributed by atoms with Crippen molar-refractivity contribution in [2.75, 3.05) is 24.9 Å². The van der Waals surface area contributed by atoms with Gasteiger partial charge in [-0.15, -0.1) is 0 Å². The molecule has 0 saturated carbocycles. The Kier molecular flexibility index (Phi) is 15.3. The molecule has 0 aliphatic rings.